The van der Waals surface area contributed by atoms with Crippen molar-refractivity contribution in [3.8, 4) is 11.1 Å². The van der Waals surface area contributed by atoms with Crippen molar-refractivity contribution in [1.29, 1.82) is 0 Å². The molecule has 168 valence electrons. The number of hydrogen-bond donors (Lipinski definition) is 4. The summed E-state index contributed by atoms with van der Waals surface area (Å²) in [5.41, 5.74) is 4.70. The van der Waals surface area contributed by atoms with Gasteiger partial charge in [0.25, 0.3) is 0 Å². The molecule has 0 saturated carbocycles. The van der Waals surface area contributed by atoms with Gasteiger partial charge in [-0.2, -0.15) is 0 Å². The van der Waals surface area contributed by atoms with E-state index in [0.717, 1.165) is 22.3 Å². The summed E-state index contributed by atoms with van der Waals surface area (Å²) in [6.45, 7) is 2.96. The number of nitrogens with one attached hydrogen (secondary N) is 2. The Kier molecular flexibility index (Phi) is 7.27. The Morgan fingerprint density at radius 3 is 2.16 bits per heavy atom. The largest absolute Gasteiger partial charge is 0.480 e. The molecule has 1 aliphatic carbocycles. The second-order valence-electron chi connectivity index (χ2n) is 7.62. The number of aliphatic hydroxyl groups excluding tert-OH is 1. The third-order valence-electron chi connectivity index (χ3n) is 5.39. The molecule has 1 aliphatic rings. The van der Waals surface area contributed by atoms with Gasteiger partial charge in [-0.05, 0) is 36.1 Å². The van der Waals surface area contributed by atoms with E-state index in [9.17, 15) is 19.5 Å². The van der Waals surface area contributed by atoms with E-state index in [1.807, 2.05) is 36.4 Å². The number of benzene rings is 2. The second-order valence-corrected chi connectivity index (χ2v) is 7.62. The fourth-order valence-electron chi connectivity index (χ4n) is 3.67. The lowest BCUT2D eigenvalue weighted by molar-refractivity contribution is -0.144. The topological polar surface area (TPSA) is 125 Å². The van der Waals surface area contributed by atoms with Crippen molar-refractivity contribution in [2.75, 3.05) is 13.2 Å². The van der Waals surface area contributed by atoms with Gasteiger partial charge < -0.3 is 25.6 Å². The highest BCUT2D eigenvalue weighted by Gasteiger charge is 2.29. The number of carbonyl (C=O) groups is 3. The molecule has 2 aromatic carbocycles. The van der Waals surface area contributed by atoms with Gasteiger partial charge in [0.15, 0.2) is 6.04 Å². The Morgan fingerprint density at radius 2 is 1.62 bits per heavy atom. The van der Waals surface area contributed by atoms with Crippen LogP contribution in [0.1, 0.15) is 30.9 Å². The minimum absolute atomic E-state index is 0.0301. The summed E-state index contributed by atoms with van der Waals surface area (Å²) in [6, 6.07) is 14.6. The van der Waals surface area contributed by atoms with Crippen LogP contribution >= 0.6 is 0 Å². The molecule has 3 rings (SSSR count). The standard InChI is InChI=1S/C24H26N2O6/c1-14(22(28)26-21(15(2)27)23(29)30)11-12-25-24(31)32-13-20-18-9-5-3-7-16(18)17-8-4-6-10-19(17)20/h3-11,15,20-21,27H,12-13H2,1-2H3,(H,25,31)(H,26,28)(H,29,30)/b14-11+. The van der Waals surface area contributed by atoms with Crippen LogP contribution in [0.2, 0.25) is 0 Å². The fourth-order valence-corrected chi connectivity index (χ4v) is 3.67. The monoisotopic (exact) mass is 438 g/mol. The molecule has 0 heterocycles. The number of carbonyl (C=O) groups excluding carboxylic acids is 2. The maximum absolute atomic E-state index is 12.2. The van der Waals surface area contributed by atoms with E-state index in [1.165, 1.54) is 19.9 Å². The minimum Gasteiger partial charge on any atom is -0.480 e. The van der Waals surface area contributed by atoms with Gasteiger partial charge in [-0.25, -0.2) is 9.59 Å². The molecule has 0 fully saturated rings. The maximum atomic E-state index is 12.2. The molecule has 8 heteroatoms. The number of carboxylic acid groups (broad SMARTS) is 1. The number of alkyl carbamates (subject to hydrolysis) is 1. The molecular formula is C24H26N2O6. The number of fused-ring (bicyclic) bond motifs is 3. The van der Waals surface area contributed by atoms with Gasteiger partial charge in [-0.15, -0.1) is 0 Å². The van der Waals surface area contributed by atoms with Crippen molar-refractivity contribution >= 4 is 18.0 Å². The molecule has 0 spiro atoms. The second kappa shape index (κ2) is 10.1. The molecule has 2 unspecified atom stereocenters. The number of amides is 2. The van der Waals surface area contributed by atoms with Crippen LogP contribution in [0.3, 0.4) is 0 Å². The van der Waals surface area contributed by atoms with Crippen molar-refractivity contribution in [1.82, 2.24) is 10.6 Å². The zero-order valence-corrected chi connectivity index (χ0v) is 17.9. The van der Waals surface area contributed by atoms with E-state index >= 15 is 0 Å². The van der Waals surface area contributed by atoms with Crippen LogP contribution in [0.25, 0.3) is 11.1 Å². The highest BCUT2D eigenvalue weighted by molar-refractivity contribution is 5.95. The highest BCUT2D eigenvalue weighted by Crippen LogP contribution is 2.44. The summed E-state index contributed by atoms with van der Waals surface area (Å²) >= 11 is 0. The van der Waals surface area contributed by atoms with Crippen LogP contribution in [-0.2, 0) is 14.3 Å². The minimum atomic E-state index is -1.42. The predicted octanol–water partition coefficient (Wildman–Crippen LogP) is 2.42. The first kappa shape index (κ1) is 23.0. The zero-order chi connectivity index (χ0) is 23.3. The van der Waals surface area contributed by atoms with Crippen LogP contribution < -0.4 is 10.6 Å². The number of ether oxygens (including phenoxy) is 1. The average Bonchev–Trinajstić information content (AvgIpc) is 3.09. The first-order valence-electron chi connectivity index (χ1n) is 10.3. The van der Waals surface area contributed by atoms with Crippen LogP contribution in [0.15, 0.2) is 60.2 Å². The van der Waals surface area contributed by atoms with Gasteiger partial charge in [0, 0.05) is 18.0 Å². The van der Waals surface area contributed by atoms with Gasteiger partial charge in [0.05, 0.1) is 6.10 Å². The average molecular weight is 438 g/mol. The summed E-state index contributed by atoms with van der Waals surface area (Å²) in [7, 11) is 0. The van der Waals surface area contributed by atoms with E-state index in [0.29, 0.717) is 0 Å². The van der Waals surface area contributed by atoms with Crippen molar-refractivity contribution in [3.05, 3.63) is 71.3 Å². The summed E-state index contributed by atoms with van der Waals surface area (Å²) in [4.78, 5) is 35.3. The lowest BCUT2D eigenvalue weighted by Gasteiger charge is -2.17. The van der Waals surface area contributed by atoms with Crippen LogP contribution in [0.5, 0.6) is 0 Å². The van der Waals surface area contributed by atoms with E-state index in [-0.39, 0.29) is 24.6 Å². The molecule has 0 aromatic heterocycles. The summed E-state index contributed by atoms with van der Waals surface area (Å²) < 4.78 is 5.42. The SMILES string of the molecule is C/C(=C\CNC(=O)OCC1c2ccccc2-c2ccccc21)C(=O)NC(C(=O)O)C(C)O. The van der Waals surface area contributed by atoms with Crippen molar-refractivity contribution in [2.45, 2.75) is 31.9 Å². The molecule has 0 aliphatic heterocycles. The van der Waals surface area contributed by atoms with Crippen LogP contribution in [0, 0.1) is 0 Å². The summed E-state index contributed by atoms with van der Waals surface area (Å²) in [6.07, 6.45) is -0.426. The Hall–Kier alpha value is -3.65. The Balaban J connectivity index is 1.53. The smallest absolute Gasteiger partial charge is 0.407 e. The van der Waals surface area contributed by atoms with Gasteiger partial charge in [-0.3, -0.25) is 4.79 Å². The summed E-state index contributed by atoms with van der Waals surface area (Å²) in [5, 5.41) is 23.3. The number of aliphatic carboxylic acids is 1. The van der Waals surface area contributed by atoms with E-state index < -0.39 is 30.1 Å². The first-order chi connectivity index (χ1) is 15.3. The molecule has 0 bridgehead atoms. The highest BCUT2D eigenvalue weighted by atomic mass is 16.5. The van der Waals surface area contributed by atoms with Gasteiger partial charge in [0.1, 0.15) is 6.61 Å². The fraction of sp³-hybridized carbons (Fsp3) is 0.292. The molecule has 0 radical (unpaired) electrons. The van der Waals surface area contributed by atoms with E-state index in [2.05, 4.69) is 22.8 Å². The van der Waals surface area contributed by atoms with Crippen LogP contribution in [0.4, 0.5) is 4.79 Å². The molecular weight excluding hydrogens is 412 g/mol. The molecule has 32 heavy (non-hydrogen) atoms. The maximum Gasteiger partial charge on any atom is 0.407 e. The first-order valence-corrected chi connectivity index (χ1v) is 10.3. The number of hydrogen-bond acceptors (Lipinski definition) is 5. The van der Waals surface area contributed by atoms with Crippen LogP contribution in [-0.4, -0.2) is 53.5 Å². The number of aliphatic hydroxyl groups is 1. The predicted molar refractivity (Wildman–Crippen MR) is 118 cm³/mol. The third-order valence-corrected chi connectivity index (χ3v) is 5.39. The molecule has 4 N–H and O–H groups in total. The van der Waals surface area contributed by atoms with E-state index in [1.54, 1.807) is 0 Å². The van der Waals surface area contributed by atoms with Crippen molar-refractivity contribution in [3.63, 3.8) is 0 Å². The molecule has 2 aromatic rings. The van der Waals surface area contributed by atoms with Gasteiger partial charge in [0.2, 0.25) is 5.91 Å². The molecule has 2 atom stereocenters. The molecule has 8 nitrogen and oxygen atoms in total. The number of rotatable bonds is 8. The van der Waals surface area contributed by atoms with E-state index in [4.69, 9.17) is 9.84 Å². The number of carboxylic acids is 1. The normalized spacial score (nSPS) is 14.7. The van der Waals surface area contributed by atoms with Gasteiger partial charge >= 0.3 is 12.1 Å². The molecule has 0 saturated heterocycles. The lowest BCUT2D eigenvalue weighted by atomic mass is 9.98. The summed E-state index contributed by atoms with van der Waals surface area (Å²) in [5.74, 6) is -2.03. The lowest BCUT2D eigenvalue weighted by Crippen LogP contribution is -2.47. The third kappa shape index (κ3) is 5.15. The van der Waals surface area contributed by atoms with Crippen molar-refractivity contribution in [2.24, 2.45) is 0 Å². The van der Waals surface area contributed by atoms with Gasteiger partial charge in [-0.1, -0.05) is 54.6 Å². The Morgan fingerprint density at radius 1 is 1.06 bits per heavy atom. The molecule has 2 amide bonds. The zero-order valence-electron chi connectivity index (χ0n) is 17.9. The Bertz CT molecular complexity index is 1000. The Labute approximate surface area is 185 Å². The quantitative estimate of drug-likeness (QED) is 0.469. The van der Waals surface area contributed by atoms with Crippen molar-refractivity contribution < 1.29 is 29.3 Å².